The molecule has 6 heteroatoms. The van der Waals surface area contributed by atoms with Crippen molar-refractivity contribution in [3.8, 4) is 22.5 Å². The van der Waals surface area contributed by atoms with E-state index in [1.165, 1.54) is 6.20 Å². The van der Waals surface area contributed by atoms with Gasteiger partial charge in [-0.15, -0.1) is 65.4 Å². The molecule has 0 atom stereocenters. The summed E-state index contributed by atoms with van der Waals surface area (Å²) >= 11 is 1.54. The van der Waals surface area contributed by atoms with Gasteiger partial charge in [0.15, 0.2) is 5.58 Å². The molecule has 0 saturated heterocycles. The standard InChI is InChI=1S/C31H24NO2S.C16H18N.Ir/c1-16(2)12-19-14-24(32-15-18(19)4)21-10-7-9-20-23-13-17(3)27-26(29(23)34-28(20)21)31-30(33-27)22-8-5-6-11-25(22)35-31;1-16(2,3)11-13-9-10-15(17-12-13)14-7-5-4-6-8-14;/h5-9,11,13-16H,12H2,1-4H3;4-7,9-10,12H,11H2,1-3H3;/q2*-1;/i3D3,4D3;11D2;. The molecular weight excluding hydrogens is 849 g/mol. The number of fused-ring (bicyclic) bond motifs is 9. The topological polar surface area (TPSA) is 52.1 Å². The van der Waals surface area contributed by atoms with Crippen LogP contribution in [0.2, 0.25) is 0 Å². The van der Waals surface area contributed by atoms with Gasteiger partial charge in [0.05, 0.1) is 15.7 Å². The molecule has 0 N–H and O–H groups in total. The fraction of sp³-hybridized carbons (Fsp3) is 0.234. The molecule has 9 aromatic rings. The van der Waals surface area contributed by atoms with Crippen molar-refractivity contribution >= 4 is 64.6 Å². The monoisotopic (exact) mass is 899 g/mol. The van der Waals surface area contributed by atoms with E-state index in [1.807, 2.05) is 107 Å². The van der Waals surface area contributed by atoms with Crippen molar-refractivity contribution in [1.82, 2.24) is 9.97 Å². The quantitative estimate of drug-likeness (QED) is 0.162. The zero-order chi connectivity index (χ0) is 42.9. The van der Waals surface area contributed by atoms with Crippen LogP contribution in [0.15, 0.2) is 106 Å². The van der Waals surface area contributed by atoms with Crippen LogP contribution in [0.25, 0.3) is 75.8 Å². The van der Waals surface area contributed by atoms with Gasteiger partial charge < -0.3 is 18.8 Å². The average Bonchev–Trinajstić information content (AvgIpc) is 3.86. The normalized spacial score (nSPS) is 14.8. The Balaban J connectivity index is 0.000000237. The number of aromatic nitrogens is 2. The van der Waals surface area contributed by atoms with Gasteiger partial charge in [-0.05, 0) is 84.1 Å². The third-order valence-corrected chi connectivity index (χ3v) is 9.97. The van der Waals surface area contributed by atoms with Crippen LogP contribution in [0.1, 0.15) is 67.8 Å². The van der Waals surface area contributed by atoms with E-state index in [-0.39, 0.29) is 37.2 Å². The summed E-state index contributed by atoms with van der Waals surface area (Å²) in [4.78, 5) is 8.89. The number of pyridine rings is 2. The van der Waals surface area contributed by atoms with E-state index in [0.29, 0.717) is 61.9 Å². The van der Waals surface area contributed by atoms with Crippen LogP contribution in [0.5, 0.6) is 0 Å². The average molecular weight is 899 g/mol. The second kappa shape index (κ2) is 14.7. The summed E-state index contributed by atoms with van der Waals surface area (Å²) in [6, 6.07) is 32.6. The zero-order valence-electron chi connectivity index (χ0n) is 38.0. The number of rotatable bonds is 5. The first kappa shape index (κ1) is 27.9. The van der Waals surface area contributed by atoms with Gasteiger partial charge in [-0.1, -0.05) is 81.5 Å². The van der Waals surface area contributed by atoms with E-state index in [0.717, 1.165) is 31.4 Å². The molecule has 5 aromatic heterocycles. The van der Waals surface area contributed by atoms with Gasteiger partial charge in [-0.2, -0.15) is 0 Å². The van der Waals surface area contributed by atoms with Gasteiger partial charge in [0.25, 0.3) is 0 Å². The number of furan rings is 2. The number of benzene rings is 4. The minimum absolute atomic E-state index is 0. The van der Waals surface area contributed by atoms with Crippen molar-refractivity contribution in [1.29, 1.82) is 0 Å². The van der Waals surface area contributed by atoms with Gasteiger partial charge in [-0.3, -0.25) is 0 Å². The molecule has 0 amide bonds. The maximum atomic E-state index is 8.29. The van der Waals surface area contributed by atoms with E-state index in [4.69, 9.17) is 19.8 Å². The third-order valence-electron chi connectivity index (χ3n) is 8.80. The summed E-state index contributed by atoms with van der Waals surface area (Å²) in [6.45, 7) is 5.09. The molecular formula is C47H42IrN2O2S-2. The Morgan fingerprint density at radius 3 is 2.30 bits per heavy atom. The number of nitrogens with zero attached hydrogens (tertiary/aromatic N) is 2. The molecule has 0 spiro atoms. The van der Waals surface area contributed by atoms with Crippen LogP contribution in [0.3, 0.4) is 0 Å². The minimum Gasteiger partial charge on any atom is -0.500 e. The first-order valence-corrected chi connectivity index (χ1v) is 18.1. The zero-order valence-corrected chi connectivity index (χ0v) is 33.2. The molecule has 0 aliphatic rings. The van der Waals surface area contributed by atoms with Crippen LogP contribution in [-0.4, -0.2) is 9.97 Å². The van der Waals surface area contributed by atoms with Crippen molar-refractivity contribution in [2.24, 2.45) is 11.3 Å². The summed E-state index contributed by atoms with van der Waals surface area (Å²) < 4.78 is 80.0. The number of hydrogen-bond acceptors (Lipinski definition) is 5. The Bertz CT molecular complexity index is 3030. The first-order chi connectivity index (χ1) is 28.2. The predicted octanol–water partition coefficient (Wildman–Crippen LogP) is 13.5. The Kier molecular flexibility index (Phi) is 7.73. The Labute approximate surface area is 339 Å². The van der Waals surface area contributed by atoms with Crippen LogP contribution in [0, 0.1) is 37.2 Å². The minimum atomic E-state index is -2.41. The Morgan fingerprint density at radius 1 is 0.774 bits per heavy atom. The third kappa shape index (κ3) is 7.21. The molecule has 0 aliphatic carbocycles. The predicted molar refractivity (Wildman–Crippen MR) is 218 cm³/mol. The second-order valence-electron chi connectivity index (χ2n) is 14.5. The fourth-order valence-corrected chi connectivity index (χ4v) is 7.77. The van der Waals surface area contributed by atoms with E-state index in [9.17, 15) is 0 Å². The van der Waals surface area contributed by atoms with Crippen LogP contribution in [0.4, 0.5) is 0 Å². The van der Waals surface area contributed by atoms with Crippen LogP contribution in [-0.2, 0) is 32.9 Å². The van der Waals surface area contributed by atoms with Gasteiger partial charge >= 0.3 is 0 Å². The maximum Gasteiger partial charge on any atom is 0.154 e. The van der Waals surface area contributed by atoms with E-state index < -0.39 is 25.5 Å². The smallest absolute Gasteiger partial charge is 0.154 e. The largest absolute Gasteiger partial charge is 0.500 e. The molecule has 0 unspecified atom stereocenters. The SMILES string of the molecule is [2H]C([2H])([2H])c1cnc(-c2[c-]ccc3c2oc2c3cc(C([2H])([2H])[2H])c3oc4c5ccccc5sc4c32)cc1CC(C)C.[2H]C([2H])(c1ccc(-c2[c-]cccc2)nc1)C(C)(C)C.[Ir]. The molecule has 269 valence electrons. The van der Waals surface area contributed by atoms with Gasteiger partial charge in [-0.25, -0.2) is 0 Å². The second-order valence-corrected chi connectivity index (χ2v) is 15.5. The molecule has 4 aromatic carbocycles. The fourth-order valence-electron chi connectivity index (χ4n) is 6.61. The van der Waals surface area contributed by atoms with Crippen LogP contribution < -0.4 is 0 Å². The van der Waals surface area contributed by atoms with Gasteiger partial charge in [0, 0.05) is 58.9 Å². The summed E-state index contributed by atoms with van der Waals surface area (Å²) in [5.41, 5.74) is 6.08. The van der Waals surface area contributed by atoms with Crippen molar-refractivity contribution < 1.29 is 39.9 Å². The summed E-state index contributed by atoms with van der Waals surface area (Å²) in [6.07, 6.45) is 2.23. The molecule has 0 fully saturated rings. The molecule has 5 heterocycles. The van der Waals surface area contributed by atoms with E-state index >= 15 is 0 Å². The van der Waals surface area contributed by atoms with Crippen molar-refractivity contribution in [3.63, 3.8) is 0 Å². The number of hydrogen-bond donors (Lipinski definition) is 0. The molecule has 9 rings (SSSR count). The summed E-state index contributed by atoms with van der Waals surface area (Å²) in [5.74, 6) is 0.244. The first-order valence-electron chi connectivity index (χ1n) is 21.3. The van der Waals surface area contributed by atoms with Crippen LogP contribution >= 0.6 is 11.3 Å². The summed E-state index contributed by atoms with van der Waals surface area (Å²) in [7, 11) is 0. The van der Waals surface area contributed by atoms with Gasteiger partial charge in [0.1, 0.15) is 11.2 Å². The number of thiophene rings is 1. The molecule has 1 radical (unpaired) electrons. The van der Waals surface area contributed by atoms with Crippen molar-refractivity contribution in [2.45, 2.75) is 61.1 Å². The van der Waals surface area contributed by atoms with Gasteiger partial charge in [0.2, 0.25) is 0 Å². The molecule has 4 nitrogen and oxygen atoms in total. The molecule has 53 heavy (non-hydrogen) atoms. The molecule has 0 saturated carbocycles. The Morgan fingerprint density at radius 2 is 1.57 bits per heavy atom. The van der Waals surface area contributed by atoms with E-state index in [2.05, 4.69) is 22.1 Å². The maximum absolute atomic E-state index is 8.29. The molecule has 0 aliphatic heterocycles. The van der Waals surface area contributed by atoms with Crippen molar-refractivity contribution in [3.05, 3.63) is 132 Å². The van der Waals surface area contributed by atoms with Crippen molar-refractivity contribution in [2.75, 3.05) is 0 Å². The van der Waals surface area contributed by atoms with E-state index in [1.54, 1.807) is 29.7 Å². The summed E-state index contributed by atoms with van der Waals surface area (Å²) in [5, 5.41) is 2.95. The Hall–Kier alpha value is -4.61. The number of aryl methyl sites for hydroxylation is 2. The molecule has 0 bridgehead atoms.